The molecule has 0 aromatic heterocycles. The van der Waals surface area contributed by atoms with E-state index in [1.165, 1.54) is 29.5 Å². The highest BCUT2D eigenvalue weighted by Gasteiger charge is 2.24. The Kier molecular flexibility index (Phi) is 5.31. The molecule has 0 radical (unpaired) electrons. The molecule has 1 fully saturated rings. The SMILES string of the molecule is Cc1ccc(C(=O)NC[C@@H](c2ccc(C)cc2)N2CCCC2)cc1. The van der Waals surface area contributed by atoms with Gasteiger partial charge in [-0.15, -0.1) is 0 Å². The number of nitrogens with zero attached hydrogens (tertiary/aromatic N) is 1. The Morgan fingerprint density at radius 2 is 1.50 bits per heavy atom. The maximum atomic E-state index is 12.4. The van der Waals surface area contributed by atoms with Crippen molar-refractivity contribution < 1.29 is 4.79 Å². The summed E-state index contributed by atoms with van der Waals surface area (Å²) >= 11 is 0. The first-order valence-corrected chi connectivity index (χ1v) is 8.79. The van der Waals surface area contributed by atoms with Crippen molar-refractivity contribution >= 4 is 5.91 Å². The van der Waals surface area contributed by atoms with Crippen LogP contribution in [-0.4, -0.2) is 30.4 Å². The fourth-order valence-electron chi connectivity index (χ4n) is 3.30. The third kappa shape index (κ3) is 4.04. The molecule has 3 rings (SSSR count). The van der Waals surface area contributed by atoms with Crippen LogP contribution in [0.15, 0.2) is 48.5 Å². The first-order chi connectivity index (χ1) is 11.6. The van der Waals surface area contributed by atoms with Crippen molar-refractivity contribution in [3.05, 3.63) is 70.8 Å². The van der Waals surface area contributed by atoms with Gasteiger partial charge in [-0.25, -0.2) is 0 Å². The minimum absolute atomic E-state index is 0.00584. The van der Waals surface area contributed by atoms with Gasteiger partial charge in [-0.3, -0.25) is 9.69 Å². The van der Waals surface area contributed by atoms with Crippen LogP contribution < -0.4 is 5.32 Å². The normalized spacial score (nSPS) is 16.1. The van der Waals surface area contributed by atoms with Crippen LogP contribution in [0.2, 0.25) is 0 Å². The number of hydrogen-bond donors (Lipinski definition) is 1. The first-order valence-electron chi connectivity index (χ1n) is 8.79. The van der Waals surface area contributed by atoms with Crippen molar-refractivity contribution in [3.8, 4) is 0 Å². The van der Waals surface area contributed by atoms with Gasteiger partial charge in [-0.1, -0.05) is 47.5 Å². The van der Waals surface area contributed by atoms with Crippen LogP contribution in [0.1, 0.15) is 45.9 Å². The van der Waals surface area contributed by atoms with E-state index in [0.717, 1.165) is 18.7 Å². The Hall–Kier alpha value is -2.13. The number of amides is 1. The van der Waals surface area contributed by atoms with Gasteiger partial charge in [0.2, 0.25) is 0 Å². The van der Waals surface area contributed by atoms with Crippen LogP contribution in [0.5, 0.6) is 0 Å². The molecular formula is C21H26N2O. The summed E-state index contributed by atoms with van der Waals surface area (Å²) in [4.78, 5) is 14.9. The molecule has 2 aromatic rings. The summed E-state index contributed by atoms with van der Waals surface area (Å²) in [6, 6.07) is 16.7. The zero-order chi connectivity index (χ0) is 16.9. The molecule has 2 aromatic carbocycles. The summed E-state index contributed by atoms with van der Waals surface area (Å²) in [6.07, 6.45) is 2.49. The lowest BCUT2D eigenvalue weighted by molar-refractivity contribution is 0.0938. The molecule has 3 heteroatoms. The van der Waals surface area contributed by atoms with E-state index in [2.05, 4.69) is 41.4 Å². The van der Waals surface area contributed by atoms with Gasteiger partial charge in [-0.05, 0) is 57.5 Å². The molecule has 1 aliphatic rings. The molecule has 1 atom stereocenters. The topological polar surface area (TPSA) is 32.3 Å². The van der Waals surface area contributed by atoms with E-state index in [1.54, 1.807) is 0 Å². The largest absolute Gasteiger partial charge is 0.350 e. The molecule has 24 heavy (non-hydrogen) atoms. The van der Waals surface area contributed by atoms with Crippen molar-refractivity contribution in [3.63, 3.8) is 0 Å². The highest BCUT2D eigenvalue weighted by molar-refractivity contribution is 5.94. The van der Waals surface area contributed by atoms with Gasteiger partial charge in [0.15, 0.2) is 0 Å². The number of carbonyl (C=O) groups excluding carboxylic acids is 1. The highest BCUT2D eigenvalue weighted by Crippen LogP contribution is 2.25. The molecule has 1 heterocycles. The molecule has 0 aliphatic carbocycles. The Morgan fingerprint density at radius 1 is 0.958 bits per heavy atom. The standard InChI is InChI=1S/C21H26N2O/c1-16-5-9-18(10-6-16)20(23-13-3-4-14-23)15-22-21(24)19-11-7-17(2)8-12-19/h5-12,20H,3-4,13-15H2,1-2H3,(H,22,24)/t20-/m0/s1. The molecule has 0 saturated carbocycles. The van der Waals surface area contributed by atoms with Gasteiger partial charge < -0.3 is 5.32 Å². The number of nitrogens with one attached hydrogen (secondary N) is 1. The van der Waals surface area contributed by atoms with Crippen molar-refractivity contribution in [2.75, 3.05) is 19.6 Å². The lowest BCUT2D eigenvalue weighted by Crippen LogP contribution is -2.36. The monoisotopic (exact) mass is 322 g/mol. The van der Waals surface area contributed by atoms with Gasteiger partial charge in [-0.2, -0.15) is 0 Å². The van der Waals surface area contributed by atoms with E-state index in [-0.39, 0.29) is 11.9 Å². The predicted molar refractivity (Wildman–Crippen MR) is 98.2 cm³/mol. The molecule has 1 N–H and O–H groups in total. The highest BCUT2D eigenvalue weighted by atomic mass is 16.1. The summed E-state index contributed by atoms with van der Waals surface area (Å²) in [7, 11) is 0. The number of hydrogen-bond acceptors (Lipinski definition) is 2. The van der Waals surface area contributed by atoms with Crippen molar-refractivity contribution in [1.29, 1.82) is 0 Å². The number of likely N-dealkylation sites (tertiary alicyclic amines) is 1. The lowest BCUT2D eigenvalue weighted by atomic mass is 10.0. The molecule has 0 unspecified atom stereocenters. The van der Waals surface area contributed by atoms with Gasteiger partial charge in [0.1, 0.15) is 0 Å². The van der Waals surface area contributed by atoms with Crippen LogP contribution in [-0.2, 0) is 0 Å². The smallest absolute Gasteiger partial charge is 0.251 e. The molecular weight excluding hydrogens is 296 g/mol. The van der Waals surface area contributed by atoms with E-state index >= 15 is 0 Å². The molecule has 3 nitrogen and oxygen atoms in total. The van der Waals surface area contributed by atoms with E-state index in [1.807, 2.05) is 31.2 Å². The molecule has 126 valence electrons. The van der Waals surface area contributed by atoms with Crippen LogP contribution in [0.25, 0.3) is 0 Å². The Balaban J connectivity index is 1.70. The maximum absolute atomic E-state index is 12.4. The summed E-state index contributed by atoms with van der Waals surface area (Å²) in [5.41, 5.74) is 4.44. The second kappa shape index (κ2) is 7.63. The van der Waals surface area contributed by atoms with Gasteiger partial charge >= 0.3 is 0 Å². The Bertz CT molecular complexity index is 670. The Morgan fingerprint density at radius 3 is 2.08 bits per heavy atom. The number of aryl methyl sites for hydroxylation is 2. The van der Waals surface area contributed by atoms with Gasteiger partial charge in [0.25, 0.3) is 5.91 Å². The zero-order valence-corrected chi connectivity index (χ0v) is 14.6. The first kappa shape index (κ1) is 16.7. The molecule has 1 saturated heterocycles. The van der Waals surface area contributed by atoms with Crippen LogP contribution >= 0.6 is 0 Å². The number of rotatable bonds is 5. The molecule has 1 aliphatic heterocycles. The fourth-order valence-corrected chi connectivity index (χ4v) is 3.30. The third-order valence-electron chi connectivity index (χ3n) is 4.81. The maximum Gasteiger partial charge on any atom is 0.251 e. The minimum Gasteiger partial charge on any atom is -0.350 e. The predicted octanol–water partition coefficient (Wildman–Crippen LogP) is 3.87. The molecule has 0 bridgehead atoms. The Labute approximate surface area is 144 Å². The lowest BCUT2D eigenvalue weighted by Gasteiger charge is -2.28. The van der Waals surface area contributed by atoms with Crippen molar-refractivity contribution in [2.24, 2.45) is 0 Å². The van der Waals surface area contributed by atoms with Crippen LogP contribution in [0, 0.1) is 13.8 Å². The molecule has 1 amide bonds. The second-order valence-corrected chi connectivity index (χ2v) is 6.75. The number of carbonyl (C=O) groups is 1. The summed E-state index contributed by atoms with van der Waals surface area (Å²) in [5.74, 6) is 0.00584. The van der Waals surface area contributed by atoms with Crippen molar-refractivity contribution in [2.45, 2.75) is 32.7 Å². The second-order valence-electron chi connectivity index (χ2n) is 6.75. The van der Waals surface area contributed by atoms with Gasteiger partial charge in [0, 0.05) is 12.1 Å². The zero-order valence-electron chi connectivity index (χ0n) is 14.6. The van der Waals surface area contributed by atoms with Gasteiger partial charge in [0.05, 0.1) is 6.04 Å². The van der Waals surface area contributed by atoms with E-state index in [0.29, 0.717) is 6.54 Å². The minimum atomic E-state index is 0.00584. The molecule has 0 spiro atoms. The quantitative estimate of drug-likeness (QED) is 0.906. The number of benzene rings is 2. The fraction of sp³-hybridized carbons (Fsp3) is 0.381. The van der Waals surface area contributed by atoms with E-state index < -0.39 is 0 Å². The van der Waals surface area contributed by atoms with Crippen LogP contribution in [0.3, 0.4) is 0 Å². The third-order valence-corrected chi connectivity index (χ3v) is 4.81. The summed E-state index contributed by atoms with van der Waals surface area (Å²) in [6.45, 7) is 7.00. The van der Waals surface area contributed by atoms with E-state index in [9.17, 15) is 4.79 Å². The van der Waals surface area contributed by atoms with E-state index in [4.69, 9.17) is 0 Å². The average Bonchev–Trinajstić information content (AvgIpc) is 3.11. The summed E-state index contributed by atoms with van der Waals surface area (Å²) < 4.78 is 0. The van der Waals surface area contributed by atoms with Crippen LogP contribution in [0.4, 0.5) is 0 Å². The average molecular weight is 322 g/mol. The van der Waals surface area contributed by atoms with Crippen molar-refractivity contribution in [1.82, 2.24) is 10.2 Å². The summed E-state index contributed by atoms with van der Waals surface area (Å²) in [5, 5.41) is 3.13.